The second kappa shape index (κ2) is 5.58. The molecule has 0 saturated carbocycles. The highest BCUT2D eigenvalue weighted by molar-refractivity contribution is 7.23. The molecule has 0 amide bonds. The van der Waals surface area contributed by atoms with E-state index in [1.54, 1.807) is 11.3 Å². The summed E-state index contributed by atoms with van der Waals surface area (Å²) >= 11 is 1.68. The van der Waals surface area contributed by atoms with Crippen molar-refractivity contribution in [3.8, 4) is 0 Å². The molecular formula is C19H19NOS. The van der Waals surface area contributed by atoms with Gasteiger partial charge in [-0.2, -0.15) is 0 Å². The fourth-order valence-corrected chi connectivity index (χ4v) is 3.79. The molecule has 0 bridgehead atoms. The predicted octanol–water partition coefficient (Wildman–Crippen LogP) is 4.82. The number of ketones is 1. The van der Waals surface area contributed by atoms with E-state index < -0.39 is 0 Å². The van der Waals surface area contributed by atoms with Crippen molar-refractivity contribution in [2.45, 2.75) is 13.8 Å². The van der Waals surface area contributed by atoms with E-state index in [2.05, 4.69) is 25.1 Å². The third-order valence-electron chi connectivity index (χ3n) is 3.77. The van der Waals surface area contributed by atoms with Crippen molar-refractivity contribution < 1.29 is 4.79 Å². The summed E-state index contributed by atoms with van der Waals surface area (Å²) in [5, 5.41) is 2.07. The first-order chi connectivity index (χ1) is 10.5. The molecule has 22 heavy (non-hydrogen) atoms. The Labute approximate surface area is 135 Å². The van der Waals surface area contributed by atoms with Gasteiger partial charge < -0.3 is 4.90 Å². The maximum atomic E-state index is 13.0. The first kappa shape index (κ1) is 14.8. The summed E-state index contributed by atoms with van der Waals surface area (Å²) in [6.07, 6.45) is 0. The molecule has 112 valence electrons. The Kier molecular flexibility index (Phi) is 3.75. The molecule has 0 unspecified atom stereocenters. The smallest absolute Gasteiger partial charge is 0.196 e. The fourth-order valence-electron chi connectivity index (χ4n) is 2.57. The van der Waals surface area contributed by atoms with E-state index in [4.69, 9.17) is 0 Å². The molecule has 0 N–H and O–H groups in total. The van der Waals surface area contributed by atoms with Crippen LogP contribution in [0.2, 0.25) is 0 Å². The quantitative estimate of drug-likeness (QED) is 0.647. The van der Waals surface area contributed by atoms with Gasteiger partial charge in [0.05, 0.1) is 5.56 Å². The van der Waals surface area contributed by atoms with Crippen LogP contribution >= 0.6 is 11.3 Å². The van der Waals surface area contributed by atoms with Crippen LogP contribution in [0.25, 0.3) is 10.1 Å². The number of hydrogen-bond acceptors (Lipinski definition) is 3. The number of thiophene rings is 1. The topological polar surface area (TPSA) is 20.3 Å². The van der Waals surface area contributed by atoms with Crippen LogP contribution in [0.3, 0.4) is 0 Å². The van der Waals surface area contributed by atoms with Gasteiger partial charge in [-0.25, -0.2) is 0 Å². The van der Waals surface area contributed by atoms with Crippen molar-refractivity contribution in [3.05, 3.63) is 64.7 Å². The summed E-state index contributed by atoms with van der Waals surface area (Å²) in [5.74, 6) is 0.0961. The van der Waals surface area contributed by atoms with E-state index in [0.29, 0.717) is 0 Å². The van der Waals surface area contributed by atoms with Crippen molar-refractivity contribution in [3.63, 3.8) is 0 Å². The fraction of sp³-hybridized carbons (Fsp3) is 0.211. The van der Waals surface area contributed by atoms with E-state index in [1.807, 2.05) is 50.2 Å². The molecule has 0 spiro atoms. The van der Waals surface area contributed by atoms with Gasteiger partial charge in [0.2, 0.25) is 0 Å². The monoisotopic (exact) mass is 309 g/mol. The number of aryl methyl sites for hydroxylation is 2. The highest BCUT2D eigenvalue weighted by Gasteiger charge is 2.21. The maximum absolute atomic E-state index is 13.0. The molecular weight excluding hydrogens is 290 g/mol. The number of hydrogen-bond donors (Lipinski definition) is 0. The van der Waals surface area contributed by atoms with Gasteiger partial charge in [-0.05, 0) is 25.5 Å². The summed E-state index contributed by atoms with van der Waals surface area (Å²) in [6, 6.07) is 14.1. The number of benzene rings is 2. The Hall–Kier alpha value is -2.13. The van der Waals surface area contributed by atoms with Gasteiger partial charge in [-0.15, -0.1) is 11.3 Å². The molecule has 0 saturated heterocycles. The average molecular weight is 309 g/mol. The standard InChI is InChI=1S/C19H19NOS/c1-12-5-8-14(9-6-12)18(21)17-15-10-7-13(2)11-16(15)22-19(17)20(3)4/h5-11H,1-4H3. The van der Waals surface area contributed by atoms with Crippen molar-refractivity contribution in [1.82, 2.24) is 0 Å². The molecule has 0 radical (unpaired) electrons. The lowest BCUT2D eigenvalue weighted by Crippen LogP contribution is -2.12. The Morgan fingerprint density at radius 3 is 2.23 bits per heavy atom. The number of anilines is 1. The van der Waals surface area contributed by atoms with Gasteiger partial charge in [0, 0.05) is 29.7 Å². The minimum Gasteiger partial charge on any atom is -0.369 e. The van der Waals surface area contributed by atoms with E-state index >= 15 is 0 Å². The molecule has 1 heterocycles. The van der Waals surface area contributed by atoms with Crippen LogP contribution in [0.4, 0.5) is 5.00 Å². The van der Waals surface area contributed by atoms with Gasteiger partial charge in [0.15, 0.2) is 5.78 Å². The van der Waals surface area contributed by atoms with Crippen LogP contribution in [-0.4, -0.2) is 19.9 Å². The van der Waals surface area contributed by atoms with Gasteiger partial charge in [0.1, 0.15) is 5.00 Å². The largest absolute Gasteiger partial charge is 0.369 e. The highest BCUT2D eigenvalue weighted by atomic mass is 32.1. The van der Waals surface area contributed by atoms with Gasteiger partial charge in [-0.3, -0.25) is 4.79 Å². The Morgan fingerprint density at radius 2 is 1.59 bits per heavy atom. The number of rotatable bonds is 3. The average Bonchev–Trinajstić information content (AvgIpc) is 2.86. The van der Waals surface area contributed by atoms with E-state index in [9.17, 15) is 4.79 Å². The first-order valence-corrected chi connectivity index (χ1v) is 8.11. The summed E-state index contributed by atoms with van der Waals surface area (Å²) in [5.41, 5.74) is 3.94. The lowest BCUT2D eigenvalue weighted by atomic mass is 10.00. The normalized spacial score (nSPS) is 10.9. The van der Waals surface area contributed by atoms with Crippen LogP contribution in [0.15, 0.2) is 42.5 Å². The predicted molar refractivity (Wildman–Crippen MR) is 95.5 cm³/mol. The molecule has 0 fully saturated rings. The third-order valence-corrected chi connectivity index (χ3v) is 5.09. The van der Waals surface area contributed by atoms with Gasteiger partial charge >= 0.3 is 0 Å². The molecule has 0 aliphatic carbocycles. The van der Waals surface area contributed by atoms with Crippen molar-refractivity contribution in [1.29, 1.82) is 0 Å². The number of carbonyl (C=O) groups excluding carboxylic acids is 1. The zero-order chi connectivity index (χ0) is 15.9. The van der Waals surface area contributed by atoms with Crippen LogP contribution in [-0.2, 0) is 0 Å². The first-order valence-electron chi connectivity index (χ1n) is 7.29. The lowest BCUT2D eigenvalue weighted by Gasteiger charge is -2.12. The Bertz CT molecular complexity index is 844. The summed E-state index contributed by atoms with van der Waals surface area (Å²) in [4.78, 5) is 15.1. The lowest BCUT2D eigenvalue weighted by molar-refractivity contribution is 0.104. The van der Waals surface area contributed by atoms with Crippen LogP contribution < -0.4 is 4.90 Å². The summed E-state index contributed by atoms with van der Waals surface area (Å²) in [7, 11) is 3.98. The zero-order valence-corrected chi connectivity index (χ0v) is 14.1. The maximum Gasteiger partial charge on any atom is 0.196 e. The van der Waals surface area contributed by atoms with Crippen LogP contribution in [0.1, 0.15) is 27.0 Å². The van der Waals surface area contributed by atoms with Gasteiger partial charge in [-0.1, -0.05) is 42.0 Å². The second-order valence-corrected chi connectivity index (χ2v) is 6.90. The van der Waals surface area contributed by atoms with E-state index in [0.717, 1.165) is 27.1 Å². The number of nitrogens with zero attached hydrogens (tertiary/aromatic N) is 1. The SMILES string of the molecule is Cc1ccc(C(=O)c2c(N(C)C)sc3cc(C)ccc23)cc1. The van der Waals surface area contributed by atoms with E-state index in [-0.39, 0.29) is 5.78 Å². The Balaban J connectivity index is 2.21. The number of fused-ring (bicyclic) bond motifs is 1. The van der Waals surface area contributed by atoms with Crippen molar-refractivity contribution in [2.24, 2.45) is 0 Å². The molecule has 0 aliphatic rings. The third kappa shape index (κ3) is 2.53. The summed E-state index contributed by atoms with van der Waals surface area (Å²) in [6.45, 7) is 4.11. The molecule has 0 aliphatic heterocycles. The highest BCUT2D eigenvalue weighted by Crippen LogP contribution is 2.39. The van der Waals surface area contributed by atoms with Gasteiger partial charge in [0.25, 0.3) is 0 Å². The number of carbonyl (C=O) groups is 1. The Morgan fingerprint density at radius 1 is 0.955 bits per heavy atom. The molecule has 3 aromatic rings. The summed E-state index contributed by atoms with van der Waals surface area (Å²) < 4.78 is 1.17. The molecule has 2 aromatic carbocycles. The van der Waals surface area contributed by atoms with Crippen LogP contribution in [0, 0.1) is 13.8 Å². The van der Waals surface area contributed by atoms with E-state index in [1.165, 1.54) is 10.3 Å². The van der Waals surface area contributed by atoms with Crippen LogP contribution in [0.5, 0.6) is 0 Å². The minimum atomic E-state index is 0.0961. The molecule has 1 aromatic heterocycles. The second-order valence-electron chi connectivity index (χ2n) is 5.87. The van der Waals surface area contributed by atoms with Crippen molar-refractivity contribution >= 4 is 32.2 Å². The molecule has 0 atom stereocenters. The minimum absolute atomic E-state index is 0.0961. The molecule has 3 heteroatoms. The van der Waals surface area contributed by atoms with Crippen molar-refractivity contribution in [2.75, 3.05) is 19.0 Å². The molecule has 2 nitrogen and oxygen atoms in total. The zero-order valence-electron chi connectivity index (χ0n) is 13.3. The molecule has 3 rings (SSSR count).